The Morgan fingerprint density at radius 3 is 1.07 bits per heavy atom. The Morgan fingerprint density at radius 1 is 0.278 bits per heavy atom. The molecule has 0 saturated heterocycles. The number of rotatable bonds is 3. The first-order chi connectivity index (χ1) is 26.8. The first kappa shape index (κ1) is 29.6. The van der Waals surface area contributed by atoms with Gasteiger partial charge in [0.2, 0.25) is 13.4 Å². The molecule has 0 N–H and O–H groups in total. The van der Waals surface area contributed by atoms with Crippen molar-refractivity contribution in [1.29, 1.82) is 0 Å². The molecule has 12 rings (SSSR count). The normalized spacial score (nSPS) is 13.7. The third-order valence-corrected chi connectivity index (χ3v) is 11.6. The van der Waals surface area contributed by atoms with Crippen molar-refractivity contribution < 1.29 is 9.47 Å². The van der Waals surface area contributed by atoms with Gasteiger partial charge in [0.15, 0.2) is 23.0 Å². The summed E-state index contributed by atoms with van der Waals surface area (Å²) in [5.41, 5.74) is 16.7. The molecule has 8 aromatic carbocycles. The van der Waals surface area contributed by atoms with E-state index in [0.717, 1.165) is 45.7 Å². The van der Waals surface area contributed by atoms with Crippen molar-refractivity contribution in [2.45, 2.75) is 0 Å². The van der Waals surface area contributed by atoms with Crippen LogP contribution in [0.3, 0.4) is 0 Å². The molecule has 0 saturated carbocycles. The smallest absolute Gasteiger partial charge is 0.247 e. The lowest BCUT2D eigenvalue weighted by Gasteiger charge is -2.41. The minimum absolute atomic E-state index is 0.0194. The second-order valence-electron chi connectivity index (χ2n) is 14.4. The Balaban J connectivity index is 1.08. The Hall–Kier alpha value is -6.91. The van der Waals surface area contributed by atoms with Crippen LogP contribution in [0.2, 0.25) is 0 Å². The van der Waals surface area contributed by atoms with Gasteiger partial charge in [-0.1, -0.05) is 144 Å². The third kappa shape index (κ3) is 4.05. The van der Waals surface area contributed by atoms with Gasteiger partial charge in [0.25, 0.3) is 0 Å². The molecule has 4 nitrogen and oxygen atoms in total. The van der Waals surface area contributed by atoms with Crippen LogP contribution >= 0.6 is 0 Å². The molecule has 0 unspecified atom stereocenters. The summed E-state index contributed by atoms with van der Waals surface area (Å²) in [6.45, 7) is -0.0388. The van der Waals surface area contributed by atoms with Crippen molar-refractivity contribution in [1.82, 2.24) is 0 Å². The maximum atomic E-state index is 6.60. The molecular weight excluding hydrogens is 658 g/mol. The van der Waals surface area contributed by atoms with Gasteiger partial charge in [-0.25, -0.2) is 0 Å². The monoisotopic (exact) mass is 688 g/mol. The van der Waals surface area contributed by atoms with Crippen LogP contribution < -0.4 is 52.1 Å². The summed E-state index contributed by atoms with van der Waals surface area (Å²) in [6, 6.07) is 65.5. The number of ether oxygens (including phenoxy) is 2. The van der Waals surface area contributed by atoms with Crippen LogP contribution in [0, 0.1) is 0 Å². The topological polar surface area (TPSA) is 24.9 Å². The first-order valence-corrected chi connectivity index (χ1v) is 18.6. The second kappa shape index (κ2) is 11.3. The zero-order valence-corrected chi connectivity index (χ0v) is 29.2. The van der Waals surface area contributed by atoms with Crippen LogP contribution in [0.1, 0.15) is 0 Å². The van der Waals surface area contributed by atoms with Gasteiger partial charge in [0.1, 0.15) is 0 Å². The van der Waals surface area contributed by atoms with E-state index in [1.54, 1.807) is 0 Å². The largest absolute Gasteiger partial charge is 0.453 e. The number of hydrogen-bond donors (Lipinski definition) is 0. The van der Waals surface area contributed by atoms with Gasteiger partial charge < -0.3 is 19.3 Å². The summed E-state index contributed by atoms with van der Waals surface area (Å²) in [4.78, 5) is 4.80. The average Bonchev–Trinajstić information content (AvgIpc) is 3.23. The van der Waals surface area contributed by atoms with Crippen molar-refractivity contribution >= 4 is 80.3 Å². The van der Waals surface area contributed by atoms with Crippen LogP contribution in [0.4, 0.5) is 34.1 Å². The predicted molar refractivity (Wildman–Crippen MR) is 224 cm³/mol. The minimum atomic E-state index is -0.0194. The van der Waals surface area contributed by atoms with E-state index in [2.05, 4.69) is 180 Å². The molecule has 4 aliphatic heterocycles. The Kier molecular flexibility index (Phi) is 6.20. The van der Waals surface area contributed by atoms with E-state index in [1.807, 2.05) is 12.1 Å². The molecule has 54 heavy (non-hydrogen) atoms. The highest BCUT2D eigenvalue weighted by atomic mass is 16.5. The Bertz CT molecular complexity index is 2660. The van der Waals surface area contributed by atoms with E-state index in [1.165, 1.54) is 55.3 Å². The highest BCUT2D eigenvalue weighted by molar-refractivity contribution is 7.00. The number of para-hydroxylation sites is 8. The van der Waals surface area contributed by atoms with Gasteiger partial charge in [-0.2, -0.15) is 0 Å². The van der Waals surface area contributed by atoms with E-state index in [-0.39, 0.29) is 13.4 Å². The van der Waals surface area contributed by atoms with E-state index in [4.69, 9.17) is 9.47 Å². The summed E-state index contributed by atoms with van der Waals surface area (Å²) in [7, 11) is 0. The molecule has 250 valence electrons. The lowest BCUT2D eigenvalue weighted by Crippen LogP contribution is -2.59. The summed E-state index contributed by atoms with van der Waals surface area (Å²) in [5.74, 6) is 3.50. The molecule has 4 aliphatic rings. The van der Waals surface area contributed by atoms with Gasteiger partial charge in [-0.05, 0) is 81.5 Å². The van der Waals surface area contributed by atoms with Crippen molar-refractivity contribution in [3.8, 4) is 34.1 Å². The second-order valence-corrected chi connectivity index (χ2v) is 14.4. The van der Waals surface area contributed by atoms with Crippen molar-refractivity contribution in [3.05, 3.63) is 182 Å². The number of hydrogen-bond acceptors (Lipinski definition) is 4. The van der Waals surface area contributed by atoms with Gasteiger partial charge >= 0.3 is 0 Å². The van der Waals surface area contributed by atoms with Gasteiger partial charge in [0, 0.05) is 11.4 Å². The lowest BCUT2D eigenvalue weighted by atomic mass is 9.32. The fourth-order valence-electron chi connectivity index (χ4n) is 9.49. The zero-order valence-electron chi connectivity index (χ0n) is 29.2. The predicted octanol–water partition coefficient (Wildman–Crippen LogP) is 8.16. The molecule has 4 heterocycles. The standard InChI is InChI=1S/C48H30B2N2O2/c1-3-17-33(49-35-19-5-7-23-39(35)51-41-25-9-11-27-43(41)53-45-29-13-21-37(49)47(45)51)31(15-1)32-16-2-4-18-34(32)50-36-20-6-8-24-40(36)52-42-26-10-12-28-44(42)54-46-30-14-22-38(50)48(46)52/h1-30H. The number of fused-ring (bicyclic) bond motifs is 8. The van der Waals surface area contributed by atoms with Crippen molar-refractivity contribution in [3.63, 3.8) is 0 Å². The molecule has 6 heteroatoms. The maximum absolute atomic E-state index is 6.60. The zero-order chi connectivity index (χ0) is 35.3. The van der Waals surface area contributed by atoms with E-state index in [9.17, 15) is 0 Å². The number of benzene rings is 8. The molecule has 8 aromatic rings. The summed E-state index contributed by atoms with van der Waals surface area (Å²) in [6.07, 6.45) is 0. The van der Waals surface area contributed by atoms with Crippen molar-refractivity contribution in [2.75, 3.05) is 9.80 Å². The summed E-state index contributed by atoms with van der Waals surface area (Å²) in [5, 5.41) is 0. The fourth-order valence-corrected chi connectivity index (χ4v) is 9.49. The SMILES string of the molecule is c1ccc2c(c1)Oc1cccc3c1N2c1ccccc1B3c1ccccc1-c1ccccc1B1c2ccccc2N2c3ccccc3Oc3cccc1c32. The molecule has 0 aliphatic carbocycles. The lowest BCUT2D eigenvalue weighted by molar-refractivity contribution is 0.477. The van der Waals surface area contributed by atoms with Crippen LogP contribution in [-0.2, 0) is 0 Å². The average molecular weight is 688 g/mol. The highest BCUT2D eigenvalue weighted by Crippen LogP contribution is 2.52. The van der Waals surface area contributed by atoms with E-state index >= 15 is 0 Å². The fraction of sp³-hybridized carbons (Fsp3) is 0. The highest BCUT2D eigenvalue weighted by Gasteiger charge is 2.43. The van der Waals surface area contributed by atoms with Crippen LogP contribution in [-0.4, -0.2) is 13.4 Å². The summed E-state index contributed by atoms with van der Waals surface area (Å²) < 4.78 is 13.2. The van der Waals surface area contributed by atoms with E-state index in [0.29, 0.717) is 0 Å². The Morgan fingerprint density at radius 2 is 0.611 bits per heavy atom. The molecule has 0 aromatic heterocycles. The summed E-state index contributed by atoms with van der Waals surface area (Å²) >= 11 is 0. The molecule has 0 amide bonds. The quantitative estimate of drug-likeness (QED) is 0.175. The van der Waals surface area contributed by atoms with Gasteiger partial charge in [0.05, 0.1) is 22.7 Å². The minimum Gasteiger partial charge on any atom is -0.453 e. The third-order valence-electron chi connectivity index (χ3n) is 11.6. The molecule has 0 fully saturated rings. The molecule has 0 spiro atoms. The van der Waals surface area contributed by atoms with Gasteiger partial charge in [-0.3, -0.25) is 0 Å². The number of nitrogens with zero attached hydrogens (tertiary/aromatic N) is 2. The Labute approximate surface area is 314 Å². The van der Waals surface area contributed by atoms with E-state index < -0.39 is 0 Å². The number of anilines is 6. The van der Waals surface area contributed by atoms with Crippen LogP contribution in [0.5, 0.6) is 23.0 Å². The van der Waals surface area contributed by atoms with Gasteiger partial charge in [-0.15, -0.1) is 0 Å². The van der Waals surface area contributed by atoms with Crippen LogP contribution in [0.15, 0.2) is 182 Å². The molecule has 0 atom stereocenters. The van der Waals surface area contributed by atoms with Crippen molar-refractivity contribution in [2.24, 2.45) is 0 Å². The van der Waals surface area contributed by atoms with Crippen LogP contribution in [0.25, 0.3) is 11.1 Å². The molecule has 0 bridgehead atoms. The first-order valence-electron chi connectivity index (χ1n) is 18.6. The molecular formula is C48H30B2N2O2. The maximum Gasteiger partial charge on any atom is 0.247 e. The molecule has 0 radical (unpaired) electrons.